The maximum atomic E-state index is 12.3. The molecule has 7 nitrogen and oxygen atoms in total. The van der Waals surface area contributed by atoms with E-state index in [1.54, 1.807) is 12.1 Å². The fourth-order valence-electron chi connectivity index (χ4n) is 3.42. The predicted molar refractivity (Wildman–Crippen MR) is 112 cm³/mol. The number of carbonyl (C=O) groups is 1. The Bertz CT molecular complexity index is 1020. The molecule has 1 aromatic carbocycles. The average Bonchev–Trinajstić information content (AvgIpc) is 2.66. The van der Waals surface area contributed by atoms with E-state index in [0.29, 0.717) is 31.0 Å². The van der Waals surface area contributed by atoms with E-state index >= 15 is 0 Å². The summed E-state index contributed by atoms with van der Waals surface area (Å²) >= 11 is 0. The molecule has 2 aromatic rings. The van der Waals surface area contributed by atoms with Crippen LogP contribution >= 0.6 is 0 Å². The van der Waals surface area contributed by atoms with Crippen molar-refractivity contribution in [3.63, 3.8) is 0 Å². The van der Waals surface area contributed by atoms with Crippen LogP contribution in [0.25, 0.3) is 0 Å². The number of alkyl halides is 3. The van der Waals surface area contributed by atoms with Crippen LogP contribution in [0.1, 0.15) is 50.6 Å². The number of ether oxygens (including phenoxy) is 1. The van der Waals surface area contributed by atoms with Gasteiger partial charge in [0.2, 0.25) is 5.91 Å². The van der Waals surface area contributed by atoms with Gasteiger partial charge in [-0.15, -0.1) is 13.2 Å². The quantitative estimate of drug-likeness (QED) is 0.722. The molecule has 0 spiro atoms. The molecule has 2 heterocycles. The molecule has 0 radical (unpaired) electrons. The number of aromatic nitrogens is 2. The first-order valence-electron chi connectivity index (χ1n) is 10.1. The maximum absolute atomic E-state index is 12.3. The Morgan fingerprint density at radius 2 is 1.91 bits per heavy atom. The van der Waals surface area contributed by atoms with E-state index in [2.05, 4.69) is 20.0 Å². The lowest BCUT2D eigenvalue weighted by Gasteiger charge is -2.30. The molecule has 0 atom stereocenters. The molecule has 3 rings (SSSR count). The number of anilines is 2. The number of nitrogens with one attached hydrogen (secondary N) is 1. The van der Waals surface area contributed by atoms with Crippen molar-refractivity contribution in [3.05, 3.63) is 41.2 Å². The topological polar surface area (TPSA) is 91.1 Å². The number of hydrogen-bond donors (Lipinski definition) is 1. The van der Waals surface area contributed by atoms with Crippen molar-refractivity contribution < 1.29 is 22.7 Å². The van der Waals surface area contributed by atoms with Gasteiger partial charge in [-0.3, -0.25) is 4.79 Å². The van der Waals surface area contributed by atoms with Crippen LogP contribution in [-0.2, 0) is 17.8 Å². The lowest BCUT2D eigenvalue weighted by Crippen LogP contribution is -2.31. The van der Waals surface area contributed by atoms with Crippen LogP contribution in [0.2, 0.25) is 0 Å². The van der Waals surface area contributed by atoms with Crippen LogP contribution < -0.4 is 15.0 Å². The van der Waals surface area contributed by atoms with Crippen LogP contribution in [0, 0.1) is 16.7 Å². The van der Waals surface area contributed by atoms with E-state index < -0.39 is 6.36 Å². The van der Waals surface area contributed by atoms with Crippen LogP contribution in [0.4, 0.5) is 24.8 Å². The number of amides is 1. The van der Waals surface area contributed by atoms with Gasteiger partial charge >= 0.3 is 6.36 Å². The van der Waals surface area contributed by atoms with Gasteiger partial charge in [0.15, 0.2) is 17.3 Å². The summed E-state index contributed by atoms with van der Waals surface area (Å²) in [5.74, 6) is 0.160. The van der Waals surface area contributed by atoms with Crippen molar-refractivity contribution in [2.75, 3.05) is 16.8 Å². The monoisotopic (exact) mass is 447 g/mol. The molecule has 0 bridgehead atoms. The minimum atomic E-state index is -4.74. The number of aryl methyl sites for hydroxylation is 1. The largest absolute Gasteiger partial charge is 0.573 e. The SMILES string of the molecule is CC(C)(C)CC(=O)Nc1nc2c(nc1C#N)N(Cc1ccc(OC(F)(F)F)cc1)CCC2. The molecular formula is C22H24F3N5O2. The molecule has 0 aliphatic carbocycles. The summed E-state index contributed by atoms with van der Waals surface area (Å²) < 4.78 is 40.9. The highest BCUT2D eigenvalue weighted by molar-refractivity contribution is 5.91. The van der Waals surface area contributed by atoms with Gasteiger partial charge in [0.1, 0.15) is 11.8 Å². The van der Waals surface area contributed by atoms with Crippen molar-refractivity contribution in [2.45, 2.75) is 52.9 Å². The summed E-state index contributed by atoms with van der Waals surface area (Å²) in [4.78, 5) is 23.2. The molecule has 0 unspecified atom stereocenters. The molecule has 1 aliphatic heterocycles. The zero-order valence-corrected chi connectivity index (χ0v) is 18.1. The zero-order chi connectivity index (χ0) is 23.5. The molecular weight excluding hydrogens is 423 g/mol. The van der Waals surface area contributed by atoms with E-state index in [1.807, 2.05) is 31.7 Å². The molecule has 1 aromatic heterocycles. The third-order valence-electron chi connectivity index (χ3n) is 4.67. The maximum Gasteiger partial charge on any atom is 0.573 e. The molecule has 0 fully saturated rings. The van der Waals surface area contributed by atoms with Gasteiger partial charge in [-0.2, -0.15) is 5.26 Å². The van der Waals surface area contributed by atoms with Crippen LogP contribution in [0.15, 0.2) is 24.3 Å². The zero-order valence-electron chi connectivity index (χ0n) is 18.1. The third kappa shape index (κ3) is 6.33. The summed E-state index contributed by atoms with van der Waals surface area (Å²) in [6, 6.07) is 7.61. The van der Waals surface area contributed by atoms with Crippen molar-refractivity contribution in [2.24, 2.45) is 5.41 Å². The van der Waals surface area contributed by atoms with E-state index in [4.69, 9.17) is 0 Å². The summed E-state index contributed by atoms with van der Waals surface area (Å²) in [6.45, 7) is 6.86. The highest BCUT2D eigenvalue weighted by atomic mass is 19.4. The number of fused-ring (bicyclic) bond motifs is 1. The van der Waals surface area contributed by atoms with Crippen molar-refractivity contribution in [1.29, 1.82) is 5.26 Å². The summed E-state index contributed by atoms with van der Waals surface area (Å²) in [5.41, 5.74) is 1.23. The minimum Gasteiger partial charge on any atom is -0.406 e. The first kappa shape index (κ1) is 23.3. The Hall–Kier alpha value is -3.35. The predicted octanol–water partition coefficient (Wildman–Crippen LogP) is 4.57. The molecule has 170 valence electrons. The van der Waals surface area contributed by atoms with Gasteiger partial charge in [-0.25, -0.2) is 9.97 Å². The van der Waals surface area contributed by atoms with E-state index in [9.17, 15) is 23.2 Å². The standard InChI is InChI=1S/C22H24F3N5O2/c1-21(2,3)11-18(31)29-19-17(12-26)28-20-16(27-19)5-4-10-30(20)13-14-6-8-15(9-7-14)32-22(23,24)25/h6-9H,4-5,10-11,13H2,1-3H3,(H,27,29,31). The van der Waals surface area contributed by atoms with Gasteiger partial charge in [-0.05, 0) is 36.0 Å². The van der Waals surface area contributed by atoms with Crippen molar-refractivity contribution in [3.8, 4) is 11.8 Å². The summed E-state index contributed by atoms with van der Waals surface area (Å²) in [5, 5.41) is 12.2. The van der Waals surface area contributed by atoms with Crippen molar-refractivity contribution in [1.82, 2.24) is 9.97 Å². The fraction of sp³-hybridized carbons (Fsp3) is 0.455. The van der Waals surface area contributed by atoms with E-state index in [-0.39, 0.29) is 35.0 Å². The van der Waals surface area contributed by atoms with Gasteiger partial charge in [-0.1, -0.05) is 32.9 Å². The van der Waals surface area contributed by atoms with Crippen molar-refractivity contribution >= 4 is 17.5 Å². The Kier molecular flexibility index (Phi) is 6.57. The number of halogens is 3. The molecule has 0 saturated carbocycles. The van der Waals surface area contributed by atoms with Crippen LogP contribution in [-0.4, -0.2) is 28.8 Å². The number of carbonyl (C=O) groups excluding carboxylic acids is 1. The van der Waals surface area contributed by atoms with Gasteiger partial charge in [0.05, 0.1) is 5.69 Å². The number of nitriles is 1. The summed E-state index contributed by atoms with van der Waals surface area (Å²) in [6.07, 6.45) is -3.03. The normalized spacial score (nSPS) is 13.8. The molecule has 1 amide bonds. The minimum absolute atomic E-state index is 0.0202. The Morgan fingerprint density at radius 3 is 2.50 bits per heavy atom. The van der Waals surface area contributed by atoms with E-state index in [1.165, 1.54) is 12.1 Å². The Morgan fingerprint density at radius 1 is 1.22 bits per heavy atom. The number of hydrogen-bond acceptors (Lipinski definition) is 6. The summed E-state index contributed by atoms with van der Waals surface area (Å²) in [7, 11) is 0. The second kappa shape index (κ2) is 9.02. The molecule has 1 N–H and O–H groups in total. The molecule has 10 heteroatoms. The first-order chi connectivity index (χ1) is 14.9. The van der Waals surface area contributed by atoms with E-state index in [0.717, 1.165) is 12.0 Å². The Balaban J connectivity index is 1.79. The lowest BCUT2D eigenvalue weighted by atomic mass is 9.92. The number of rotatable bonds is 5. The second-order valence-electron chi connectivity index (χ2n) is 8.81. The lowest BCUT2D eigenvalue weighted by molar-refractivity contribution is -0.274. The Labute approximate surface area is 184 Å². The number of benzene rings is 1. The van der Waals surface area contributed by atoms with Crippen LogP contribution in [0.5, 0.6) is 5.75 Å². The molecule has 0 saturated heterocycles. The first-order valence-corrected chi connectivity index (χ1v) is 10.1. The van der Waals surface area contributed by atoms with Gasteiger partial charge in [0, 0.05) is 19.5 Å². The highest BCUT2D eigenvalue weighted by Crippen LogP contribution is 2.29. The van der Waals surface area contributed by atoms with Gasteiger partial charge < -0.3 is 15.0 Å². The molecule has 1 aliphatic rings. The second-order valence-corrected chi connectivity index (χ2v) is 8.81. The third-order valence-corrected chi connectivity index (χ3v) is 4.67. The molecule has 32 heavy (non-hydrogen) atoms. The highest BCUT2D eigenvalue weighted by Gasteiger charge is 2.31. The smallest absolute Gasteiger partial charge is 0.406 e. The van der Waals surface area contributed by atoms with Gasteiger partial charge in [0.25, 0.3) is 0 Å². The van der Waals surface area contributed by atoms with Crippen LogP contribution in [0.3, 0.4) is 0 Å². The average molecular weight is 447 g/mol. The number of nitrogens with zero attached hydrogens (tertiary/aromatic N) is 4. The fourth-order valence-corrected chi connectivity index (χ4v) is 3.42.